The molecule has 0 amide bonds. The molecule has 0 aromatic carbocycles. The van der Waals surface area contributed by atoms with Gasteiger partial charge in [0, 0.05) is 19.1 Å². The summed E-state index contributed by atoms with van der Waals surface area (Å²) in [5, 5.41) is 0. The number of nitrogens with two attached hydrogens (primary N) is 1. The normalized spacial score (nSPS) is 39.2. The van der Waals surface area contributed by atoms with Gasteiger partial charge in [-0.15, -0.1) is 0 Å². The third kappa shape index (κ3) is 2.98. The van der Waals surface area contributed by atoms with Crippen LogP contribution in [0.2, 0.25) is 0 Å². The molecule has 1 spiro atoms. The van der Waals surface area contributed by atoms with Crippen molar-refractivity contribution in [2.24, 2.45) is 11.7 Å². The van der Waals surface area contributed by atoms with E-state index >= 15 is 0 Å². The Balaban J connectivity index is 1.49. The zero-order chi connectivity index (χ0) is 13.3. The van der Waals surface area contributed by atoms with E-state index in [4.69, 9.17) is 10.5 Å². The molecule has 0 bridgehead atoms. The lowest BCUT2D eigenvalue weighted by atomic mass is 9.90. The Kier molecular flexibility index (Phi) is 4.16. The predicted octanol–water partition coefficient (Wildman–Crippen LogP) is 2.54. The number of ether oxygens (including phenoxy) is 1. The molecule has 3 fully saturated rings. The van der Waals surface area contributed by atoms with Crippen molar-refractivity contribution in [3.8, 4) is 0 Å². The van der Waals surface area contributed by atoms with Crippen LogP contribution < -0.4 is 5.73 Å². The van der Waals surface area contributed by atoms with Gasteiger partial charge in [-0.25, -0.2) is 0 Å². The van der Waals surface area contributed by atoms with E-state index in [1.54, 1.807) is 0 Å². The first-order valence-corrected chi connectivity index (χ1v) is 8.36. The van der Waals surface area contributed by atoms with E-state index in [1.807, 2.05) is 0 Å². The summed E-state index contributed by atoms with van der Waals surface area (Å²) in [6.07, 6.45) is 10.8. The number of piperidine rings is 1. The Hall–Kier alpha value is -0.120. The summed E-state index contributed by atoms with van der Waals surface area (Å²) in [7, 11) is 0. The smallest absolute Gasteiger partial charge is 0.0710 e. The van der Waals surface area contributed by atoms with Crippen LogP contribution in [0.1, 0.15) is 58.3 Å². The molecule has 2 saturated heterocycles. The molecule has 1 saturated carbocycles. The summed E-state index contributed by atoms with van der Waals surface area (Å²) >= 11 is 0. The van der Waals surface area contributed by atoms with Crippen LogP contribution in [0.3, 0.4) is 0 Å². The van der Waals surface area contributed by atoms with E-state index in [9.17, 15) is 0 Å². The highest BCUT2D eigenvalue weighted by atomic mass is 16.5. The first kappa shape index (κ1) is 13.8. The molecule has 3 heteroatoms. The maximum absolute atomic E-state index is 6.44. The molecular formula is C16H30N2O. The molecule has 0 aromatic heterocycles. The maximum atomic E-state index is 6.44. The highest BCUT2D eigenvalue weighted by Crippen LogP contribution is 2.43. The van der Waals surface area contributed by atoms with Crippen molar-refractivity contribution in [3.63, 3.8) is 0 Å². The van der Waals surface area contributed by atoms with Crippen molar-refractivity contribution in [1.82, 2.24) is 4.90 Å². The molecule has 3 aliphatic rings. The van der Waals surface area contributed by atoms with Gasteiger partial charge in [0.25, 0.3) is 0 Å². The molecule has 19 heavy (non-hydrogen) atoms. The van der Waals surface area contributed by atoms with Gasteiger partial charge in [0.1, 0.15) is 0 Å². The van der Waals surface area contributed by atoms with Gasteiger partial charge >= 0.3 is 0 Å². The van der Waals surface area contributed by atoms with Crippen LogP contribution in [-0.2, 0) is 4.74 Å². The Labute approximate surface area is 117 Å². The monoisotopic (exact) mass is 266 g/mol. The fourth-order valence-electron chi connectivity index (χ4n) is 4.42. The first-order valence-electron chi connectivity index (χ1n) is 8.36. The molecule has 3 rings (SSSR count). The maximum Gasteiger partial charge on any atom is 0.0710 e. The molecule has 3 unspecified atom stereocenters. The minimum atomic E-state index is 0.293. The third-order valence-electron chi connectivity index (χ3n) is 5.72. The summed E-state index contributed by atoms with van der Waals surface area (Å²) < 4.78 is 6.44. The third-order valence-corrected chi connectivity index (χ3v) is 5.72. The van der Waals surface area contributed by atoms with E-state index in [0.29, 0.717) is 23.7 Å². The molecule has 3 nitrogen and oxygen atoms in total. The minimum Gasteiger partial charge on any atom is -0.370 e. The predicted molar refractivity (Wildman–Crippen MR) is 78.1 cm³/mol. The van der Waals surface area contributed by atoms with Crippen molar-refractivity contribution < 1.29 is 4.74 Å². The SMILES string of the molecule is CCC1CN(CC2CCC3(CCCC3)O2)CCC1N. The summed E-state index contributed by atoms with van der Waals surface area (Å²) in [6.45, 7) is 5.77. The summed E-state index contributed by atoms with van der Waals surface area (Å²) in [4.78, 5) is 2.61. The molecule has 2 N–H and O–H groups in total. The average molecular weight is 266 g/mol. The standard InChI is InChI=1S/C16H30N2O/c1-2-13-11-18(10-6-15(13)17)12-14-5-9-16(19-14)7-3-4-8-16/h13-15H,2-12,17H2,1H3. The number of rotatable bonds is 3. The highest BCUT2D eigenvalue weighted by molar-refractivity contribution is 4.94. The van der Waals surface area contributed by atoms with Gasteiger partial charge in [-0.2, -0.15) is 0 Å². The zero-order valence-electron chi connectivity index (χ0n) is 12.4. The van der Waals surface area contributed by atoms with Crippen LogP contribution in [0.4, 0.5) is 0 Å². The molecular weight excluding hydrogens is 236 g/mol. The van der Waals surface area contributed by atoms with E-state index in [-0.39, 0.29) is 0 Å². The molecule has 110 valence electrons. The first-order chi connectivity index (χ1) is 9.21. The van der Waals surface area contributed by atoms with Crippen molar-refractivity contribution >= 4 is 0 Å². The van der Waals surface area contributed by atoms with Gasteiger partial charge in [-0.3, -0.25) is 0 Å². The van der Waals surface area contributed by atoms with E-state index < -0.39 is 0 Å². The van der Waals surface area contributed by atoms with E-state index in [1.165, 1.54) is 58.0 Å². The van der Waals surface area contributed by atoms with Crippen LogP contribution in [0.25, 0.3) is 0 Å². The Bertz CT molecular complexity index is 301. The molecule has 1 aliphatic carbocycles. The largest absolute Gasteiger partial charge is 0.370 e. The summed E-state index contributed by atoms with van der Waals surface area (Å²) in [6, 6.07) is 0.423. The van der Waals surface area contributed by atoms with E-state index in [2.05, 4.69) is 11.8 Å². The lowest BCUT2D eigenvalue weighted by Gasteiger charge is -2.37. The van der Waals surface area contributed by atoms with Gasteiger partial charge in [0.15, 0.2) is 0 Å². The number of hydrogen-bond acceptors (Lipinski definition) is 3. The lowest BCUT2D eigenvalue weighted by molar-refractivity contribution is -0.0513. The average Bonchev–Trinajstić information content (AvgIpc) is 3.03. The summed E-state index contributed by atoms with van der Waals surface area (Å²) in [5.74, 6) is 0.690. The second-order valence-electron chi connectivity index (χ2n) is 7.05. The fraction of sp³-hybridized carbons (Fsp3) is 1.00. The molecule has 2 heterocycles. The van der Waals surface area contributed by atoms with Gasteiger partial charge < -0.3 is 15.4 Å². The van der Waals surface area contributed by atoms with Crippen molar-refractivity contribution in [2.75, 3.05) is 19.6 Å². The van der Waals surface area contributed by atoms with Gasteiger partial charge in [0.05, 0.1) is 11.7 Å². The summed E-state index contributed by atoms with van der Waals surface area (Å²) in [5.41, 5.74) is 6.49. The Morgan fingerprint density at radius 1 is 1.21 bits per heavy atom. The van der Waals surface area contributed by atoms with Crippen LogP contribution in [0.15, 0.2) is 0 Å². The Morgan fingerprint density at radius 2 is 2.00 bits per heavy atom. The van der Waals surface area contributed by atoms with Crippen molar-refractivity contribution in [3.05, 3.63) is 0 Å². The molecule has 2 aliphatic heterocycles. The second-order valence-corrected chi connectivity index (χ2v) is 7.05. The van der Waals surface area contributed by atoms with Crippen LogP contribution in [0.5, 0.6) is 0 Å². The quantitative estimate of drug-likeness (QED) is 0.853. The van der Waals surface area contributed by atoms with Gasteiger partial charge in [-0.1, -0.05) is 26.2 Å². The number of nitrogens with zero attached hydrogens (tertiary/aromatic N) is 1. The van der Waals surface area contributed by atoms with Crippen LogP contribution in [-0.4, -0.2) is 42.3 Å². The van der Waals surface area contributed by atoms with Crippen LogP contribution in [0, 0.1) is 5.92 Å². The fourth-order valence-corrected chi connectivity index (χ4v) is 4.42. The molecule has 0 aromatic rings. The van der Waals surface area contributed by atoms with Gasteiger partial charge in [-0.05, 0) is 44.6 Å². The minimum absolute atomic E-state index is 0.293. The zero-order valence-corrected chi connectivity index (χ0v) is 12.4. The highest BCUT2D eigenvalue weighted by Gasteiger charge is 2.42. The van der Waals surface area contributed by atoms with Gasteiger partial charge in [0.2, 0.25) is 0 Å². The Morgan fingerprint density at radius 3 is 2.74 bits per heavy atom. The number of hydrogen-bond donors (Lipinski definition) is 1. The van der Waals surface area contributed by atoms with Crippen LogP contribution >= 0.6 is 0 Å². The van der Waals surface area contributed by atoms with Crippen molar-refractivity contribution in [1.29, 1.82) is 0 Å². The molecule has 0 radical (unpaired) electrons. The topological polar surface area (TPSA) is 38.5 Å². The second kappa shape index (κ2) is 5.71. The number of likely N-dealkylation sites (tertiary alicyclic amines) is 1. The molecule has 3 atom stereocenters. The van der Waals surface area contributed by atoms with E-state index in [0.717, 1.165) is 13.0 Å². The lowest BCUT2D eigenvalue weighted by Crippen LogP contribution is -2.49. The van der Waals surface area contributed by atoms with Crippen molar-refractivity contribution in [2.45, 2.75) is 76.0 Å².